The van der Waals surface area contributed by atoms with E-state index in [0.717, 1.165) is 16.9 Å². The molecule has 2 aliphatic heterocycles. The summed E-state index contributed by atoms with van der Waals surface area (Å²) in [4.78, 5) is 4.93. The lowest BCUT2D eigenvalue weighted by Crippen LogP contribution is -2.22. The number of fused-ring (bicyclic) bond motifs is 3. The fourth-order valence-electron chi connectivity index (χ4n) is 1.65. The molecule has 0 bridgehead atoms. The SMILES string of the molecule is [C]1=C2COc3ccccc3C2NO1. The van der Waals surface area contributed by atoms with E-state index in [1.54, 1.807) is 0 Å². The Kier molecular flexibility index (Phi) is 1.34. The Hall–Kier alpha value is -1.48. The Morgan fingerprint density at radius 2 is 2.31 bits per heavy atom. The fourth-order valence-corrected chi connectivity index (χ4v) is 1.65. The summed E-state index contributed by atoms with van der Waals surface area (Å²) in [7, 11) is 0. The Morgan fingerprint density at radius 1 is 1.38 bits per heavy atom. The average molecular weight is 174 g/mol. The van der Waals surface area contributed by atoms with Gasteiger partial charge in [-0.25, -0.2) is 0 Å². The van der Waals surface area contributed by atoms with Gasteiger partial charge in [-0.2, -0.15) is 0 Å². The van der Waals surface area contributed by atoms with Crippen molar-refractivity contribution in [2.75, 3.05) is 6.61 Å². The molecular weight excluding hydrogens is 166 g/mol. The van der Waals surface area contributed by atoms with Crippen LogP contribution >= 0.6 is 0 Å². The molecule has 0 saturated carbocycles. The molecule has 1 aromatic rings. The first-order valence-electron chi connectivity index (χ1n) is 4.20. The van der Waals surface area contributed by atoms with Crippen molar-refractivity contribution in [3.63, 3.8) is 0 Å². The highest BCUT2D eigenvalue weighted by Gasteiger charge is 2.30. The van der Waals surface area contributed by atoms with E-state index in [-0.39, 0.29) is 6.04 Å². The molecule has 0 saturated heterocycles. The number of hydroxylamine groups is 1. The molecule has 2 aliphatic rings. The molecule has 3 heteroatoms. The van der Waals surface area contributed by atoms with Crippen LogP contribution in [0.5, 0.6) is 5.75 Å². The smallest absolute Gasteiger partial charge is 0.196 e. The third kappa shape index (κ3) is 0.939. The van der Waals surface area contributed by atoms with Gasteiger partial charge >= 0.3 is 0 Å². The van der Waals surface area contributed by atoms with Gasteiger partial charge in [0, 0.05) is 11.1 Å². The topological polar surface area (TPSA) is 30.5 Å². The van der Waals surface area contributed by atoms with Gasteiger partial charge in [-0.05, 0) is 6.07 Å². The maximum Gasteiger partial charge on any atom is 0.196 e. The molecule has 0 aliphatic carbocycles. The van der Waals surface area contributed by atoms with E-state index < -0.39 is 0 Å². The molecule has 0 amide bonds. The molecule has 1 radical (unpaired) electrons. The Balaban J connectivity index is 2.12. The van der Waals surface area contributed by atoms with Gasteiger partial charge in [0.05, 0.1) is 6.04 Å². The van der Waals surface area contributed by atoms with E-state index in [2.05, 4.69) is 11.7 Å². The summed E-state index contributed by atoms with van der Waals surface area (Å²) >= 11 is 0. The van der Waals surface area contributed by atoms with E-state index >= 15 is 0 Å². The van der Waals surface area contributed by atoms with E-state index in [1.165, 1.54) is 0 Å². The number of rotatable bonds is 0. The first kappa shape index (κ1) is 6.97. The second-order valence-electron chi connectivity index (χ2n) is 3.11. The maximum atomic E-state index is 5.52. The van der Waals surface area contributed by atoms with Crippen molar-refractivity contribution >= 4 is 0 Å². The van der Waals surface area contributed by atoms with Gasteiger partial charge in [0.25, 0.3) is 0 Å². The van der Waals surface area contributed by atoms with Crippen molar-refractivity contribution in [1.82, 2.24) is 5.48 Å². The molecular formula is C10H8NO2. The van der Waals surface area contributed by atoms with Gasteiger partial charge in [-0.3, -0.25) is 0 Å². The monoisotopic (exact) mass is 174 g/mol. The molecule has 2 heterocycles. The van der Waals surface area contributed by atoms with Gasteiger partial charge in [-0.1, -0.05) is 18.2 Å². The zero-order valence-corrected chi connectivity index (χ0v) is 6.91. The number of benzene rings is 1. The lowest BCUT2D eigenvalue weighted by atomic mass is 9.98. The minimum Gasteiger partial charge on any atom is -0.489 e. The third-order valence-electron chi connectivity index (χ3n) is 2.32. The Morgan fingerprint density at radius 3 is 3.31 bits per heavy atom. The summed E-state index contributed by atoms with van der Waals surface area (Å²) in [6.45, 7) is 0.564. The van der Waals surface area contributed by atoms with Crippen molar-refractivity contribution in [2.45, 2.75) is 6.04 Å². The molecule has 65 valence electrons. The fraction of sp³-hybridized carbons (Fsp3) is 0.200. The van der Waals surface area contributed by atoms with Crippen LogP contribution in [-0.4, -0.2) is 6.61 Å². The van der Waals surface area contributed by atoms with Crippen LogP contribution in [0.4, 0.5) is 0 Å². The molecule has 0 spiro atoms. The molecule has 1 N–H and O–H groups in total. The zero-order chi connectivity index (χ0) is 8.67. The first-order chi connectivity index (χ1) is 6.45. The maximum absolute atomic E-state index is 5.52. The summed E-state index contributed by atoms with van der Waals surface area (Å²) in [5, 5.41) is 0. The molecule has 0 fully saturated rings. The van der Waals surface area contributed by atoms with Crippen LogP contribution < -0.4 is 10.2 Å². The first-order valence-corrected chi connectivity index (χ1v) is 4.20. The highest BCUT2D eigenvalue weighted by Crippen LogP contribution is 2.36. The summed E-state index contributed by atoms with van der Waals surface area (Å²) in [6.07, 6.45) is 2.78. The lowest BCUT2D eigenvalue weighted by Gasteiger charge is -2.22. The molecule has 3 nitrogen and oxygen atoms in total. The van der Waals surface area contributed by atoms with Crippen molar-refractivity contribution in [2.24, 2.45) is 0 Å². The number of ether oxygens (including phenoxy) is 1. The number of hydrogen-bond donors (Lipinski definition) is 1. The normalized spacial score (nSPS) is 23.7. The molecule has 0 aromatic heterocycles. The quantitative estimate of drug-likeness (QED) is 0.643. The number of nitrogens with one attached hydrogen (secondary N) is 1. The summed E-state index contributed by atoms with van der Waals surface area (Å²) in [5.74, 6) is 0.927. The van der Waals surface area contributed by atoms with Crippen molar-refractivity contribution in [3.8, 4) is 5.75 Å². The van der Waals surface area contributed by atoms with Crippen LogP contribution in [0.25, 0.3) is 0 Å². The Labute approximate surface area is 75.9 Å². The van der Waals surface area contributed by atoms with Crippen molar-refractivity contribution in [3.05, 3.63) is 41.7 Å². The molecule has 13 heavy (non-hydrogen) atoms. The minimum absolute atomic E-state index is 0.130. The van der Waals surface area contributed by atoms with Gasteiger partial charge in [0.1, 0.15) is 12.4 Å². The van der Waals surface area contributed by atoms with Gasteiger partial charge in [-0.15, -0.1) is 5.48 Å². The molecule has 1 aromatic carbocycles. The van der Waals surface area contributed by atoms with Gasteiger partial charge in [0.2, 0.25) is 0 Å². The van der Waals surface area contributed by atoms with Crippen LogP contribution in [0.15, 0.2) is 29.8 Å². The average Bonchev–Trinajstić information content (AvgIpc) is 2.65. The standard InChI is InChI=1S/C10H8NO2/c1-2-4-9-8(3-1)10-7(5-12-9)6-13-11-10/h1-4,10-11H,5H2. The van der Waals surface area contributed by atoms with Crippen LogP contribution in [-0.2, 0) is 4.84 Å². The van der Waals surface area contributed by atoms with Gasteiger partial charge < -0.3 is 9.57 Å². The van der Waals surface area contributed by atoms with Crippen LogP contribution in [0.3, 0.4) is 0 Å². The number of para-hydroxylation sites is 1. The molecule has 1 unspecified atom stereocenters. The van der Waals surface area contributed by atoms with Crippen LogP contribution in [0.1, 0.15) is 11.6 Å². The molecule has 1 atom stereocenters. The second-order valence-corrected chi connectivity index (χ2v) is 3.11. The largest absolute Gasteiger partial charge is 0.489 e. The van der Waals surface area contributed by atoms with Gasteiger partial charge in [0.15, 0.2) is 6.26 Å². The number of hydrogen-bond acceptors (Lipinski definition) is 3. The minimum atomic E-state index is 0.130. The van der Waals surface area contributed by atoms with Crippen molar-refractivity contribution < 1.29 is 9.57 Å². The second kappa shape index (κ2) is 2.50. The summed E-state index contributed by atoms with van der Waals surface area (Å²) in [5.41, 5.74) is 5.03. The highest BCUT2D eigenvalue weighted by atomic mass is 16.6. The summed E-state index contributed by atoms with van der Waals surface area (Å²) < 4.78 is 5.52. The zero-order valence-electron chi connectivity index (χ0n) is 6.91. The third-order valence-corrected chi connectivity index (χ3v) is 2.32. The van der Waals surface area contributed by atoms with Crippen molar-refractivity contribution in [1.29, 1.82) is 0 Å². The van der Waals surface area contributed by atoms with E-state index in [4.69, 9.17) is 9.57 Å². The van der Waals surface area contributed by atoms with Crippen LogP contribution in [0.2, 0.25) is 0 Å². The predicted molar refractivity (Wildman–Crippen MR) is 45.7 cm³/mol. The predicted octanol–water partition coefficient (Wildman–Crippen LogP) is 1.34. The molecule has 3 rings (SSSR count). The Bertz CT molecular complexity index is 373. The van der Waals surface area contributed by atoms with E-state index in [9.17, 15) is 0 Å². The lowest BCUT2D eigenvalue weighted by molar-refractivity contribution is 0.124. The van der Waals surface area contributed by atoms with E-state index in [0.29, 0.717) is 6.61 Å². The highest BCUT2D eigenvalue weighted by molar-refractivity contribution is 5.43. The van der Waals surface area contributed by atoms with Crippen LogP contribution in [0, 0.1) is 6.26 Å². The summed E-state index contributed by atoms with van der Waals surface area (Å²) in [6, 6.07) is 8.08. The van der Waals surface area contributed by atoms with E-state index in [1.807, 2.05) is 24.3 Å².